The van der Waals surface area contributed by atoms with E-state index in [2.05, 4.69) is 5.43 Å². The van der Waals surface area contributed by atoms with Crippen LogP contribution in [0.4, 0.5) is 5.69 Å². The fourth-order valence-corrected chi connectivity index (χ4v) is 9.01. The predicted octanol–water partition coefficient (Wildman–Crippen LogP) is 5.64. The Morgan fingerprint density at radius 2 is 1.60 bits per heavy atom. The number of aliphatic carboxylic acids is 1. The maximum Gasteiger partial charge on any atom is 0.303 e. The van der Waals surface area contributed by atoms with Crippen molar-refractivity contribution in [1.82, 2.24) is 9.91 Å². The number of anilines is 1. The van der Waals surface area contributed by atoms with Crippen molar-refractivity contribution >= 4 is 35.3 Å². The number of hydrogen-bond acceptors (Lipinski definition) is 7. The van der Waals surface area contributed by atoms with E-state index in [1.807, 2.05) is 73.7 Å². The van der Waals surface area contributed by atoms with Crippen molar-refractivity contribution < 1.29 is 34.2 Å². The fraction of sp³-hybridized carbons (Fsp3) is 0.375. The molecule has 4 amide bonds. The SMILES string of the molecule is Cc1ccc(NN2C(=O)C3CC4C(=CCC5C(=O)N(CCCCCC(=O)O)C(=O)C54)C(c4cccc(C)c4O)C3(c3ccccc3)C2=O)cc1. The molecule has 0 radical (unpaired) electrons. The van der Waals surface area contributed by atoms with E-state index in [-0.39, 0.29) is 37.0 Å². The van der Waals surface area contributed by atoms with Crippen LogP contribution in [-0.4, -0.2) is 56.3 Å². The summed E-state index contributed by atoms with van der Waals surface area (Å²) in [5.41, 5.74) is 5.78. The monoisotopic (exact) mass is 675 g/mol. The van der Waals surface area contributed by atoms with Gasteiger partial charge in [0.15, 0.2) is 0 Å². The standard InChI is InChI=1S/C40H41N3O7/c1-23-15-17-26(18-16-23)41-43-37(48)31-22-30-27(19-20-28-33(30)38(49)42(36(28)47)21-8-4-7-14-32(44)45)34(29-13-9-10-24(2)35(29)46)40(31,39(43)50)25-11-5-3-6-12-25/h3,5-6,9-13,15-19,28,30-31,33-34,41,46H,4,7-8,14,20-22H2,1-2H3,(H,44,45). The summed E-state index contributed by atoms with van der Waals surface area (Å²) in [6, 6.07) is 22.1. The van der Waals surface area contributed by atoms with Gasteiger partial charge in [0.25, 0.3) is 11.8 Å². The maximum atomic E-state index is 15.2. The van der Waals surface area contributed by atoms with Crippen molar-refractivity contribution in [2.24, 2.45) is 23.7 Å². The van der Waals surface area contributed by atoms with Gasteiger partial charge < -0.3 is 10.2 Å². The molecule has 10 nitrogen and oxygen atoms in total. The zero-order valence-corrected chi connectivity index (χ0v) is 28.2. The minimum atomic E-state index is -1.45. The summed E-state index contributed by atoms with van der Waals surface area (Å²) >= 11 is 0. The number of carbonyl (C=O) groups is 5. The molecule has 3 N–H and O–H groups in total. The number of phenols is 1. The van der Waals surface area contributed by atoms with Gasteiger partial charge in [0.05, 0.1) is 28.9 Å². The normalized spacial score (nSPS) is 27.2. The molecule has 2 aliphatic heterocycles. The van der Waals surface area contributed by atoms with Gasteiger partial charge in [-0.15, -0.1) is 0 Å². The molecule has 0 bridgehead atoms. The number of likely N-dealkylation sites (tertiary alicyclic amines) is 1. The van der Waals surface area contributed by atoms with Crippen LogP contribution in [0.25, 0.3) is 0 Å². The first kappa shape index (κ1) is 33.3. The number of unbranched alkanes of at least 4 members (excludes halogenated alkanes) is 2. The van der Waals surface area contributed by atoms with Crippen LogP contribution in [0.15, 0.2) is 84.4 Å². The summed E-state index contributed by atoms with van der Waals surface area (Å²) in [5, 5.41) is 21.8. The number of hydrogen-bond donors (Lipinski definition) is 3. The third-order valence-corrected chi connectivity index (χ3v) is 11.3. The summed E-state index contributed by atoms with van der Waals surface area (Å²) in [6.07, 6.45) is 4.01. The van der Waals surface area contributed by atoms with E-state index in [9.17, 15) is 24.3 Å². The van der Waals surface area contributed by atoms with Gasteiger partial charge in [-0.1, -0.05) is 84.3 Å². The van der Waals surface area contributed by atoms with E-state index in [0.717, 1.165) is 16.1 Å². The largest absolute Gasteiger partial charge is 0.507 e. The third kappa shape index (κ3) is 5.20. The number of amides is 4. The zero-order valence-electron chi connectivity index (χ0n) is 28.2. The van der Waals surface area contributed by atoms with E-state index < -0.39 is 52.8 Å². The van der Waals surface area contributed by atoms with E-state index in [1.54, 1.807) is 19.1 Å². The number of rotatable bonds is 10. The number of nitrogens with zero attached hydrogens (tertiary/aromatic N) is 2. The number of carboxylic acid groups (broad SMARTS) is 1. The smallest absolute Gasteiger partial charge is 0.303 e. The van der Waals surface area contributed by atoms with Crippen molar-refractivity contribution in [2.75, 3.05) is 12.0 Å². The summed E-state index contributed by atoms with van der Waals surface area (Å²) in [6.45, 7) is 3.95. The Labute approximate surface area is 290 Å². The second-order valence-corrected chi connectivity index (χ2v) is 14.1. The molecule has 4 aliphatic rings. The molecule has 3 fully saturated rings. The number of phenolic OH excluding ortho intramolecular Hbond substituents is 1. The molecule has 3 aromatic rings. The maximum absolute atomic E-state index is 15.2. The highest BCUT2D eigenvalue weighted by molar-refractivity contribution is 6.13. The first-order chi connectivity index (χ1) is 24.0. The molecule has 7 rings (SSSR count). The molecule has 0 aromatic heterocycles. The molecule has 2 saturated heterocycles. The molecule has 2 heterocycles. The summed E-state index contributed by atoms with van der Waals surface area (Å²) in [5.74, 6) is -5.81. The molecule has 3 aromatic carbocycles. The molecule has 1 saturated carbocycles. The van der Waals surface area contributed by atoms with Crippen LogP contribution in [0.1, 0.15) is 66.7 Å². The quantitative estimate of drug-likeness (QED) is 0.142. The number of carboxylic acids is 1. The minimum Gasteiger partial charge on any atom is -0.507 e. The first-order valence-electron chi connectivity index (χ1n) is 17.4. The second-order valence-electron chi connectivity index (χ2n) is 14.1. The number of imide groups is 2. The van der Waals surface area contributed by atoms with Gasteiger partial charge in [-0.2, -0.15) is 5.01 Å². The molecule has 6 atom stereocenters. The Balaban J connectivity index is 1.34. The average Bonchev–Trinajstić information content (AvgIpc) is 3.48. The van der Waals surface area contributed by atoms with Gasteiger partial charge in [0.1, 0.15) is 5.75 Å². The number of fused-ring (bicyclic) bond motifs is 4. The number of para-hydroxylation sites is 1. The number of benzene rings is 3. The lowest BCUT2D eigenvalue weighted by atomic mass is 9.49. The lowest BCUT2D eigenvalue weighted by Crippen LogP contribution is -2.53. The molecule has 6 unspecified atom stereocenters. The van der Waals surface area contributed by atoms with Crippen molar-refractivity contribution in [3.05, 3.63) is 107 Å². The highest BCUT2D eigenvalue weighted by Gasteiger charge is 2.70. The molecule has 0 spiro atoms. The van der Waals surface area contributed by atoms with E-state index in [4.69, 9.17) is 5.11 Å². The van der Waals surface area contributed by atoms with Gasteiger partial charge >= 0.3 is 5.97 Å². The number of nitrogens with one attached hydrogen (secondary N) is 1. The molecular formula is C40H41N3O7. The van der Waals surface area contributed by atoms with Crippen LogP contribution in [0.5, 0.6) is 5.75 Å². The lowest BCUT2D eigenvalue weighted by Gasteiger charge is -2.50. The van der Waals surface area contributed by atoms with Crippen molar-refractivity contribution in [1.29, 1.82) is 0 Å². The lowest BCUT2D eigenvalue weighted by molar-refractivity contribution is -0.141. The van der Waals surface area contributed by atoms with E-state index in [0.29, 0.717) is 48.1 Å². The number of hydrazine groups is 1. The number of aryl methyl sites for hydroxylation is 2. The molecule has 258 valence electrons. The highest BCUT2D eigenvalue weighted by atomic mass is 16.4. The van der Waals surface area contributed by atoms with Gasteiger partial charge in [-0.25, -0.2) is 0 Å². The van der Waals surface area contributed by atoms with Gasteiger partial charge in [0.2, 0.25) is 11.8 Å². The number of allylic oxidation sites excluding steroid dienone is 2. The minimum absolute atomic E-state index is 0.0252. The highest BCUT2D eigenvalue weighted by Crippen LogP contribution is 2.65. The molecule has 2 aliphatic carbocycles. The topological polar surface area (TPSA) is 144 Å². The van der Waals surface area contributed by atoms with Crippen LogP contribution in [0.2, 0.25) is 0 Å². The average molecular weight is 676 g/mol. The predicted molar refractivity (Wildman–Crippen MR) is 184 cm³/mol. The Morgan fingerprint density at radius 3 is 2.32 bits per heavy atom. The van der Waals surface area contributed by atoms with E-state index >= 15 is 4.79 Å². The van der Waals surface area contributed by atoms with Crippen LogP contribution < -0.4 is 5.43 Å². The van der Waals surface area contributed by atoms with Gasteiger partial charge in [-0.3, -0.25) is 34.3 Å². The summed E-state index contributed by atoms with van der Waals surface area (Å²) in [7, 11) is 0. The van der Waals surface area contributed by atoms with E-state index in [1.165, 1.54) is 4.90 Å². The summed E-state index contributed by atoms with van der Waals surface area (Å²) < 4.78 is 0. The molecule has 50 heavy (non-hydrogen) atoms. The van der Waals surface area contributed by atoms with Gasteiger partial charge in [0, 0.05) is 24.4 Å². The fourth-order valence-electron chi connectivity index (χ4n) is 9.01. The Hall–Kier alpha value is -5.25. The van der Waals surface area contributed by atoms with Crippen LogP contribution >= 0.6 is 0 Å². The third-order valence-electron chi connectivity index (χ3n) is 11.3. The second kappa shape index (κ2) is 12.9. The Kier molecular flexibility index (Phi) is 8.58. The van der Waals surface area contributed by atoms with Crippen LogP contribution in [0.3, 0.4) is 0 Å². The van der Waals surface area contributed by atoms with Crippen molar-refractivity contribution in [3.8, 4) is 5.75 Å². The van der Waals surface area contributed by atoms with Crippen LogP contribution in [0, 0.1) is 37.5 Å². The molecular weight excluding hydrogens is 634 g/mol. The first-order valence-corrected chi connectivity index (χ1v) is 17.4. The number of carbonyl (C=O) groups excluding carboxylic acids is 4. The Bertz CT molecular complexity index is 1910. The van der Waals surface area contributed by atoms with Crippen molar-refractivity contribution in [3.63, 3.8) is 0 Å². The van der Waals surface area contributed by atoms with Crippen LogP contribution in [-0.2, 0) is 29.4 Å². The van der Waals surface area contributed by atoms with Crippen molar-refractivity contribution in [2.45, 2.75) is 63.7 Å². The summed E-state index contributed by atoms with van der Waals surface area (Å²) in [4.78, 5) is 70.1. The Morgan fingerprint density at radius 1 is 0.860 bits per heavy atom. The number of aromatic hydroxyl groups is 1. The van der Waals surface area contributed by atoms with Gasteiger partial charge in [-0.05, 0) is 68.7 Å². The zero-order chi connectivity index (χ0) is 35.3. The molecule has 10 heteroatoms.